The normalized spacial score (nSPS) is 11.6. The molecule has 0 amide bonds. The molecule has 0 fully saturated rings. The van der Waals surface area contributed by atoms with Gasteiger partial charge < -0.3 is 37.0 Å². The van der Waals surface area contributed by atoms with E-state index in [1.807, 2.05) is 0 Å². The van der Waals surface area contributed by atoms with Crippen LogP contribution in [-0.2, 0) is 0 Å². The molecule has 0 unspecified atom stereocenters. The fourth-order valence-corrected chi connectivity index (χ4v) is 4.44. The minimum Gasteiger partial charge on any atom is -0.506 e. The van der Waals surface area contributed by atoms with E-state index in [1.165, 1.54) is 24.3 Å². The maximum absolute atomic E-state index is 13.1. The fraction of sp³-hybridized carbons (Fsp3) is 0. The first kappa shape index (κ1) is 25.9. The van der Waals surface area contributed by atoms with E-state index in [4.69, 9.17) is 11.5 Å². The predicted molar refractivity (Wildman–Crippen MR) is 158 cm³/mol. The number of aromatic hydroxyl groups is 5. The summed E-state index contributed by atoms with van der Waals surface area (Å²) in [5.41, 5.74) is 13.3. The third kappa shape index (κ3) is 4.89. The second-order valence-corrected chi connectivity index (χ2v) is 9.30. The van der Waals surface area contributed by atoms with Gasteiger partial charge in [0.1, 0.15) is 22.6 Å². The van der Waals surface area contributed by atoms with E-state index in [9.17, 15) is 30.3 Å². The Morgan fingerprint density at radius 3 is 1.30 bits per heavy atom. The maximum Gasteiger partial charge on any atom is 0.268 e. The van der Waals surface area contributed by atoms with Crippen LogP contribution in [-0.4, -0.2) is 25.5 Å². The molecule has 0 saturated carbocycles. The summed E-state index contributed by atoms with van der Waals surface area (Å²) < 4.78 is 0. The van der Waals surface area contributed by atoms with Crippen LogP contribution in [0.1, 0.15) is 22.3 Å². The molecule has 0 saturated heterocycles. The van der Waals surface area contributed by atoms with Crippen molar-refractivity contribution < 1.29 is 25.5 Å². The number of hydrogen-bond acceptors (Lipinski definition) is 8. The predicted octanol–water partition coefficient (Wildman–Crippen LogP) is 5.57. The van der Waals surface area contributed by atoms with Crippen LogP contribution in [0.3, 0.4) is 0 Å². The van der Waals surface area contributed by atoms with E-state index < -0.39 is 34.2 Å². The van der Waals surface area contributed by atoms with Crippen molar-refractivity contribution in [3.05, 3.63) is 105 Å². The van der Waals surface area contributed by atoms with Crippen LogP contribution >= 0.6 is 0 Å². The van der Waals surface area contributed by atoms with Crippen LogP contribution in [0.4, 0.5) is 11.4 Å². The van der Waals surface area contributed by atoms with Crippen molar-refractivity contribution in [2.75, 3.05) is 11.5 Å². The summed E-state index contributed by atoms with van der Waals surface area (Å²) in [6, 6.07) is 19.5. The number of hydrogen-bond donors (Lipinski definition) is 7. The number of rotatable bonds is 6. The molecule has 8 nitrogen and oxygen atoms in total. The van der Waals surface area contributed by atoms with Gasteiger partial charge >= 0.3 is 0 Å². The smallest absolute Gasteiger partial charge is 0.268 e. The van der Waals surface area contributed by atoms with Gasteiger partial charge in [0.25, 0.3) is 5.43 Å². The van der Waals surface area contributed by atoms with Crippen molar-refractivity contribution in [2.24, 2.45) is 0 Å². The third-order valence-corrected chi connectivity index (χ3v) is 6.48. The van der Waals surface area contributed by atoms with Crippen molar-refractivity contribution in [3.63, 3.8) is 0 Å². The average Bonchev–Trinajstić information content (AvgIpc) is 2.92. The van der Waals surface area contributed by atoms with Crippen molar-refractivity contribution in [1.29, 1.82) is 0 Å². The lowest BCUT2D eigenvalue weighted by Gasteiger charge is -2.13. The van der Waals surface area contributed by atoms with Crippen LogP contribution < -0.4 is 16.9 Å². The zero-order valence-corrected chi connectivity index (χ0v) is 21.0. The largest absolute Gasteiger partial charge is 0.506 e. The first-order valence-corrected chi connectivity index (χ1v) is 12.2. The zero-order valence-electron chi connectivity index (χ0n) is 21.0. The van der Waals surface area contributed by atoms with Gasteiger partial charge in [-0.15, -0.1) is 0 Å². The number of phenols is 4. The molecule has 0 aliphatic rings. The van der Waals surface area contributed by atoms with E-state index >= 15 is 0 Å². The van der Waals surface area contributed by atoms with Crippen molar-refractivity contribution in [3.8, 4) is 51.0 Å². The molecule has 5 aromatic rings. The summed E-state index contributed by atoms with van der Waals surface area (Å²) in [7, 11) is 0. The summed E-state index contributed by atoms with van der Waals surface area (Å²) in [4.78, 5) is 13.1. The molecule has 40 heavy (non-hydrogen) atoms. The Labute approximate surface area is 229 Å². The van der Waals surface area contributed by atoms with Crippen LogP contribution in [0.2, 0.25) is 0 Å². The van der Waals surface area contributed by atoms with Gasteiger partial charge in [-0.2, -0.15) is 0 Å². The van der Waals surface area contributed by atoms with Gasteiger partial charge in [-0.1, -0.05) is 48.6 Å². The highest BCUT2D eigenvalue weighted by molar-refractivity contribution is 5.97. The first-order chi connectivity index (χ1) is 19.1. The molecule has 0 bridgehead atoms. The van der Waals surface area contributed by atoms with Gasteiger partial charge in [0.15, 0.2) is 22.6 Å². The minimum absolute atomic E-state index is 0.252. The van der Waals surface area contributed by atoms with Gasteiger partial charge in [-0.05, 0) is 58.7 Å². The molecular weight excluding hydrogens is 508 g/mol. The molecule has 0 aromatic heterocycles. The lowest BCUT2D eigenvalue weighted by atomic mass is 9.87. The molecule has 0 atom stereocenters. The van der Waals surface area contributed by atoms with Crippen LogP contribution in [0, 0.1) is 0 Å². The average molecular weight is 534 g/mol. The second kappa shape index (κ2) is 10.2. The summed E-state index contributed by atoms with van der Waals surface area (Å²) in [5, 5.41) is 53.2. The lowest BCUT2D eigenvalue weighted by Crippen LogP contribution is -2.15. The Balaban J connectivity index is 1.44. The SMILES string of the molecule is Nc1ccc(/C=C/c2cc(O)c(-c3c(O)[c+](-c4c(O)cc(/C=C/c5ccc(N)cc5)cc4O)c3=O)c(O)c2)cc1. The number of benzene rings is 4. The van der Waals surface area contributed by atoms with E-state index in [-0.39, 0.29) is 22.3 Å². The molecular formula is C32H25N2O6+. The summed E-state index contributed by atoms with van der Waals surface area (Å²) in [5.74, 6) is -2.29. The fourth-order valence-electron chi connectivity index (χ4n) is 4.44. The third-order valence-electron chi connectivity index (χ3n) is 6.48. The number of anilines is 2. The Morgan fingerprint density at radius 1 is 0.525 bits per heavy atom. The minimum atomic E-state index is -0.760. The molecule has 0 radical (unpaired) electrons. The molecule has 0 spiro atoms. The van der Waals surface area contributed by atoms with Gasteiger partial charge in [0, 0.05) is 23.5 Å². The Hall–Kier alpha value is -5.76. The lowest BCUT2D eigenvalue weighted by molar-refractivity contribution is 0.444. The molecule has 5 rings (SSSR count). The summed E-state index contributed by atoms with van der Waals surface area (Å²) >= 11 is 0. The highest BCUT2D eigenvalue weighted by Crippen LogP contribution is 2.50. The van der Waals surface area contributed by atoms with Crippen LogP contribution in [0.5, 0.6) is 28.7 Å². The molecule has 8 heteroatoms. The van der Waals surface area contributed by atoms with Crippen molar-refractivity contribution in [1.82, 2.24) is 0 Å². The van der Waals surface area contributed by atoms with Gasteiger partial charge in [-0.3, -0.25) is 4.79 Å². The van der Waals surface area contributed by atoms with E-state index in [0.717, 1.165) is 11.1 Å². The molecule has 9 N–H and O–H groups in total. The molecule has 0 aliphatic heterocycles. The monoisotopic (exact) mass is 533 g/mol. The van der Waals surface area contributed by atoms with E-state index in [0.29, 0.717) is 22.5 Å². The number of phenolic OH excluding ortho intramolecular Hbond substituents is 4. The standard InChI is InChI=1S/C32H24N2O6/c33-21-9-5-17(6-10-21)1-3-19-13-23(35)27(24(36)14-19)29-31(39)30(32(29)40)28-25(37)15-20(16-26(28)38)4-2-18-7-11-22(34)12-8-18/h1-16H,33-34H2,(H4-,35,36,37,38,39,40)/p+1/b3-1+,4-2+. The molecule has 198 valence electrons. The van der Waals surface area contributed by atoms with Gasteiger partial charge in [0.2, 0.25) is 5.75 Å². The first-order valence-electron chi connectivity index (χ1n) is 12.2. The molecule has 0 aliphatic carbocycles. The number of nitrogen functional groups attached to an aromatic ring is 2. The Bertz CT molecular complexity index is 1640. The topological polar surface area (TPSA) is 170 Å². The maximum atomic E-state index is 13.1. The second-order valence-electron chi connectivity index (χ2n) is 9.30. The highest BCUT2D eigenvalue weighted by Gasteiger charge is 2.38. The zero-order chi connectivity index (χ0) is 28.6. The van der Waals surface area contributed by atoms with Crippen molar-refractivity contribution in [2.45, 2.75) is 0 Å². The molecule has 5 aromatic carbocycles. The highest BCUT2D eigenvalue weighted by atomic mass is 16.3. The Kier molecular flexibility index (Phi) is 6.59. The van der Waals surface area contributed by atoms with Crippen LogP contribution in [0.25, 0.3) is 46.6 Å². The Morgan fingerprint density at radius 2 is 0.900 bits per heavy atom. The van der Waals surface area contributed by atoms with Crippen molar-refractivity contribution >= 4 is 35.7 Å². The van der Waals surface area contributed by atoms with Gasteiger partial charge in [0.05, 0.1) is 0 Å². The van der Waals surface area contributed by atoms with E-state index in [2.05, 4.69) is 0 Å². The van der Waals surface area contributed by atoms with Gasteiger partial charge in [-0.25, -0.2) is 0 Å². The van der Waals surface area contributed by atoms with Crippen LogP contribution in [0.15, 0.2) is 77.6 Å². The summed E-state index contributed by atoms with van der Waals surface area (Å²) in [6.07, 6.45) is 6.82. The van der Waals surface area contributed by atoms with E-state index in [1.54, 1.807) is 72.8 Å². The summed E-state index contributed by atoms with van der Waals surface area (Å²) in [6.45, 7) is 0. The number of nitrogens with two attached hydrogens (primary N) is 2. The molecule has 0 heterocycles. The quantitative estimate of drug-likeness (QED) is 0.0843.